The molecule has 1 heterocycles. The second-order valence-electron chi connectivity index (χ2n) is 4.62. The van der Waals surface area contributed by atoms with Gasteiger partial charge in [0.2, 0.25) is 0 Å². The molecule has 1 aliphatic rings. The molecule has 0 aliphatic carbocycles. The van der Waals surface area contributed by atoms with Crippen molar-refractivity contribution in [3.63, 3.8) is 0 Å². The molecule has 0 bridgehead atoms. The minimum absolute atomic E-state index is 0.0642. The summed E-state index contributed by atoms with van der Waals surface area (Å²) in [4.78, 5) is 35.1. The maximum absolute atomic E-state index is 12.4. The fraction of sp³-hybridized carbons (Fsp3) is 0.385. The number of piperidine rings is 1. The molecule has 20 heavy (non-hydrogen) atoms. The van der Waals surface area contributed by atoms with E-state index < -0.39 is 22.8 Å². The van der Waals surface area contributed by atoms with Gasteiger partial charge in [0.05, 0.1) is 4.92 Å². The van der Waals surface area contributed by atoms with E-state index in [2.05, 4.69) is 0 Å². The summed E-state index contributed by atoms with van der Waals surface area (Å²) in [6, 6.07) is 4.69. The molecule has 1 aliphatic heterocycles. The minimum Gasteiger partial charge on any atom is -0.480 e. The first-order chi connectivity index (χ1) is 9.52. The number of benzene rings is 1. The molecule has 0 saturated carbocycles. The smallest absolute Gasteiger partial charge is 0.326 e. The van der Waals surface area contributed by atoms with Crippen LogP contribution in [0.4, 0.5) is 5.69 Å². The Labute approximate surface area is 115 Å². The molecular weight excluding hydrogens is 264 g/mol. The van der Waals surface area contributed by atoms with Crippen LogP contribution in [-0.4, -0.2) is 39.4 Å². The standard InChI is InChI=1S/C13H14N2O5/c16-12(9-5-1-2-6-10(9)15(19)20)14-8-4-3-7-11(14)13(17)18/h1-2,5-6,11H,3-4,7-8H2,(H,17,18). The molecule has 1 atom stereocenters. The van der Waals surface area contributed by atoms with Gasteiger partial charge in [0.15, 0.2) is 0 Å². The number of carbonyl (C=O) groups is 2. The second kappa shape index (κ2) is 5.68. The average molecular weight is 278 g/mol. The van der Waals surface area contributed by atoms with E-state index in [0.717, 1.165) is 6.42 Å². The van der Waals surface area contributed by atoms with Crippen LogP contribution >= 0.6 is 0 Å². The Morgan fingerprint density at radius 1 is 1.30 bits per heavy atom. The molecule has 1 unspecified atom stereocenters. The van der Waals surface area contributed by atoms with E-state index in [-0.39, 0.29) is 11.3 Å². The maximum atomic E-state index is 12.4. The highest BCUT2D eigenvalue weighted by Gasteiger charge is 2.34. The summed E-state index contributed by atoms with van der Waals surface area (Å²) in [6.45, 7) is 0.307. The predicted molar refractivity (Wildman–Crippen MR) is 69.4 cm³/mol. The lowest BCUT2D eigenvalue weighted by molar-refractivity contribution is -0.385. The van der Waals surface area contributed by atoms with Crippen LogP contribution < -0.4 is 0 Å². The SMILES string of the molecule is O=C(O)C1CCCCN1C(=O)c1ccccc1[N+](=O)[O-]. The van der Waals surface area contributed by atoms with Crippen LogP contribution in [0.25, 0.3) is 0 Å². The molecule has 0 radical (unpaired) electrons. The summed E-state index contributed by atoms with van der Waals surface area (Å²) in [5, 5.41) is 20.1. The van der Waals surface area contributed by atoms with Crippen molar-refractivity contribution in [2.45, 2.75) is 25.3 Å². The highest BCUT2D eigenvalue weighted by molar-refractivity contribution is 6.00. The number of nitro benzene ring substituents is 1. The summed E-state index contributed by atoms with van der Waals surface area (Å²) >= 11 is 0. The normalized spacial score (nSPS) is 18.6. The second-order valence-corrected chi connectivity index (χ2v) is 4.62. The Morgan fingerprint density at radius 3 is 2.65 bits per heavy atom. The number of carbonyl (C=O) groups excluding carboxylic acids is 1. The van der Waals surface area contributed by atoms with Crippen molar-refractivity contribution < 1.29 is 19.6 Å². The summed E-state index contributed by atoms with van der Waals surface area (Å²) in [5.74, 6) is -1.67. The van der Waals surface area contributed by atoms with Gasteiger partial charge in [-0.05, 0) is 25.3 Å². The Bertz CT molecular complexity index is 557. The molecule has 1 amide bonds. The molecule has 1 aromatic carbocycles. The first kappa shape index (κ1) is 14.0. The number of nitrogens with zero attached hydrogens (tertiary/aromatic N) is 2. The molecular formula is C13H14N2O5. The van der Waals surface area contributed by atoms with Crippen LogP contribution in [0.3, 0.4) is 0 Å². The Hall–Kier alpha value is -2.44. The largest absolute Gasteiger partial charge is 0.480 e. The van der Waals surface area contributed by atoms with Gasteiger partial charge in [0.1, 0.15) is 11.6 Å². The summed E-state index contributed by atoms with van der Waals surface area (Å²) in [5.41, 5.74) is -0.363. The van der Waals surface area contributed by atoms with Gasteiger partial charge in [-0.15, -0.1) is 0 Å². The van der Waals surface area contributed by atoms with Crippen molar-refractivity contribution in [2.75, 3.05) is 6.54 Å². The monoisotopic (exact) mass is 278 g/mol. The molecule has 0 spiro atoms. The number of para-hydroxylation sites is 1. The van der Waals surface area contributed by atoms with Crippen LogP contribution in [0.5, 0.6) is 0 Å². The van der Waals surface area contributed by atoms with Crippen molar-refractivity contribution in [2.24, 2.45) is 0 Å². The third-order valence-corrected chi connectivity index (χ3v) is 3.38. The van der Waals surface area contributed by atoms with Gasteiger partial charge < -0.3 is 10.0 Å². The first-order valence-corrected chi connectivity index (χ1v) is 6.29. The van der Waals surface area contributed by atoms with Crippen LogP contribution in [0.2, 0.25) is 0 Å². The van der Waals surface area contributed by atoms with Crippen molar-refractivity contribution in [3.8, 4) is 0 Å². The molecule has 0 aromatic heterocycles. The number of aliphatic carboxylic acids is 1. The predicted octanol–water partition coefficient (Wildman–Crippen LogP) is 1.67. The van der Waals surface area contributed by atoms with E-state index in [1.807, 2.05) is 0 Å². The van der Waals surface area contributed by atoms with E-state index in [1.54, 1.807) is 0 Å². The lowest BCUT2D eigenvalue weighted by Gasteiger charge is -2.32. The molecule has 1 aromatic rings. The number of hydrogen-bond donors (Lipinski definition) is 1. The zero-order chi connectivity index (χ0) is 14.7. The lowest BCUT2D eigenvalue weighted by atomic mass is 10.0. The molecule has 7 heteroatoms. The summed E-state index contributed by atoms with van der Waals surface area (Å²) in [6.07, 6.45) is 1.81. The Kier molecular flexibility index (Phi) is 3.97. The van der Waals surface area contributed by atoms with Gasteiger partial charge >= 0.3 is 5.97 Å². The Morgan fingerprint density at radius 2 is 2.00 bits per heavy atom. The van der Waals surface area contributed by atoms with Crippen LogP contribution in [0.15, 0.2) is 24.3 Å². The van der Waals surface area contributed by atoms with Crippen LogP contribution in [-0.2, 0) is 4.79 Å². The lowest BCUT2D eigenvalue weighted by Crippen LogP contribution is -2.48. The Balaban J connectivity index is 2.35. The number of carboxylic acids is 1. The third-order valence-electron chi connectivity index (χ3n) is 3.38. The molecule has 2 rings (SSSR count). The van der Waals surface area contributed by atoms with Crippen molar-refractivity contribution in [3.05, 3.63) is 39.9 Å². The minimum atomic E-state index is -1.07. The fourth-order valence-electron chi connectivity index (χ4n) is 2.40. The van der Waals surface area contributed by atoms with Gasteiger partial charge in [0.25, 0.3) is 11.6 Å². The quantitative estimate of drug-likeness (QED) is 0.669. The van der Waals surface area contributed by atoms with E-state index in [4.69, 9.17) is 5.11 Å². The maximum Gasteiger partial charge on any atom is 0.326 e. The molecule has 1 saturated heterocycles. The van der Waals surface area contributed by atoms with Gasteiger partial charge in [-0.25, -0.2) is 4.79 Å². The van der Waals surface area contributed by atoms with E-state index >= 15 is 0 Å². The highest BCUT2D eigenvalue weighted by atomic mass is 16.6. The topological polar surface area (TPSA) is 101 Å². The number of carboxylic acid groups (broad SMARTS) is 1. The molecule has 1 fully saturated rings. The summed E-state index contributed by atoms with van der Waals surface area (Å²) in [7, 11) is 0. The third kappa shape index (κ3) is 2.61. The summed E-state index contributed by atoms with van der Waals surface area (Å²) < 4.78 is 0. The molecule has 106 valence electrons. The number of nitro groups is 1. The van der Waals surface area contributed by atoms with Crippen molar-refractivity contribution in [1.82, 2.24) is 4.90 Å². The van der Waals surface area contributed by atoms with Gasteiger partial charge in [-0.1, -0.05) is 12.1 Å². The van der Waals surface area contributed by atoms with Gasteiger partial charge in [-0.2, -0.15) is 0 Å². The van der Waals surface area contributed by atoms with Crippen molar-refractivity contribution >= 4 is 17.6 Å². The zero-order valence-corrected chi connectivity index (χ0v) is 10.7. The van der Waals surface area contributed by atoms with E-state index in [1.165, 1.54) is 29.2 Å². The molecule has 1 N–H and O–H groups in total. The fourth-order valence-corrected chi connectivity index (χ4v) is 2.40. The van der Waals surface area contributed by atoms with Crippen LogP contribution in [0, 0.1) is 10.1 Å². The highest BCUT2D eigenvalue weighted by Crippen LogP contribution is 2.24. The number of hydrogen-bond acceptors (Lipinski definition) is 4. The molecule has 7 nitrogen and oxygen atoms in total. The van der Waals surface area contributed by atoms with Crippen molar-refractivity contribution in [1.29, 1.82) is 0 Å². The zero-order valence-electron chi connectivity index (χ0n) is 10.7. The van der Waals surface area contributed by atoms with Crippen LogP contribution in [0.1, 0.15) is 29.6 Å². The van der Waals surface area contributed by atoms with E-state index in [0.29, 0.717) is 19.4 Å². The average Bonchev–Trinajstić information content (AvgIpc) is 2.46. The van der Waals surface area contributed by atoms with Gasteiger partial charge in [0, 0.05) is 12.6 Å². The van der Waals surface area contributed by atoms with Gasteiger partial charge in [-0.3, -0.25) is 14.9 Å². The first-order valence-electron chi connectivity index (χ1n) is 6.29. The number of amides is 1. The number of rotatable bonds is 3. The number of likely N-dealkylation sites (tertiary alicyclic amines) is 1. The van der Waals surface area contributed by atoms with E-state index in [9.17, 15) is 19.7 Å².